The fraction of sp³-hybridized carbons (Fsp3) is 0.381. The highest BCUT2D eigenvalue weighted by Crippen LogP contribution is 2.33. The first-order valence-corrected chi connectivity index (χ1v) is 9.12. The normalized spacial score (nSPS) is 19.8. The Bertz CT molecular complexity index is 637. The standard InChI is InChI=1S/C21H25N3O/c25-17-22-11-13-23(14-12-22)20-15-24(16-20)21(18-7-3-1-4-8-18)19-9-5-2-6-10-19/h1-10,17,20-21H,11-16H2. The Labute approximate surface area is 149 Å². The Morgan fingerprint density at radius 2 is 1.32 bits per heavy atom. The number of carbonyl (C=O) groups is 1. The van der Waals surface area contributed by atoms with E-state index in [0.29, 0.717) is 12.1 Å². The van der Waals surface area contributed by atoms with Crippen LogP contribution >= 0.6 is 0 Å². The Kier molecular flexibility index (Phi) is 4.81. The van der Waals surface area contributed by atoms with Crippen molar-refractivity contribution in [1.82, 2.24) is 14.7 Å². The monoisotopic (exact) mass is 335 g/mol. The molecule has 0 unspecified atom stereocenters. The first-order chi connectivity index (χ1) is 12.3. The summed E-state index contributed by atoms with van der Waals surface area (Å²) in [5.74, 6) is 0. The van der Waals surface area contributed by atoms with Crippen molar-refractivity contribution in [2.24, 2.45) is 0 Å². The van der Waals surface area contributed by atoms with E-state index in [1.807, 2.05) is 4.90 Å². The number of hydrogen-bond acceptors (Lipinski definition) is 3. The molecule has 2 aromatic carbocycles. The maximum atomic E-state index is 10.9. The van der Waals surface area contributed by atoms with E-state index in [4.69, 9.17) is 0 Å². The third-order valence-electron chi connectivity index (χ3n) is 5.50. The number of rotatable bonds is 5. The largest absolute Gasteiger partial charge is 0.343 e. The van der Waals surface area contributed by atoms with E-state index in [1.54, 1.807) is 0 Å². The van der Waals surface area contributed by atoms with Crippen molar-refractivity contribution in [2.75, 3.05) is 39.3 Å². The van der Waals surface area contributed by atoms with Crippen molar-refractivity contribution in [3.05, 3.63) is 71.8 Å². The molecule has 2 aromatic rings. The predicted octanol–water partition coefficient (Wildman–Crippen LogP) is 2.23. The van der Waals surface area contributed by atoms with Gasteiger partial charge in [-0.1, -0.05) is 60.7 Å². The second kappa shape index (κ2) is 7.38. The molecule has 2 aliphatic rings. The van der Waals surface area contributed by atoms with E-state index >= 15 is 0 Å². The molecular weight excluding hydrogens is 310 g/mol. The molecule has 0 bridgehead atoms. The van der Waals surface area contributed by atoms with Gasteiger partial charge in [0.05, 0.1) is 6.04 Å². The van der Waals surface area contributed by atoms with Gasteiger partial charge in [-0.25, -0.2) is 0 Å². The van der Waals surface area contributed by atoms with Crippen LogP contribution in [0.2, 0.25) is 0 Å². The van der Waals surface area contributed by atoms with Gasteiger partial charge < -0.3 is 4.90 Å². The molecule has 0 radical (unpaired) electrons. The van der Waals surface area contributed by atoms with Crippen molar-refractivity contribution in [2.45, 2.75) is 12.1 Å². The smallest absolute Gasteiger partial charge is 0.209 e. The molecule has 4 rings (SSSR count). The quantitative estimate of drug-likeness (QED) is 0.784. The van der Waals surface area contributed by atoms with Crippen LogP contribution < -0.4 is 0 Å². The number of benzene rings is 2. The number of hydrogen-bond donors (Lipinski definition) is 0. The van der Waals surface area contributed by atoms with Crippen molar-refractivity contribution in [3.8, 4) is 0 Å². The Balaban J connectivity index is 1.45. The second-order valence-electron chi connectivity index (χ2n) is 7.01. The summed E-state index contributed by atoms with van der Waals surface area (Å²) in [7, 11) is 0. The van der Waals surface area contributed by atoms with E-state index in [1.165, 1.54) is 11.1 Å². The van der Waals surface area contributed by atoms with E-state index in [-0.39, 0.29) is 0 Å². The van der Waals surface area contributed by atoms with Gasteiger partial charge >= 0.3 is 0 Å². The van der Waals surface area contributed by atoms with Gasteiger partial charge in [0.1, 0.15) is 0 Å². The molecule has 2 fully saturated rings. The summed E-state index contributed by atoms with van der Waals surface area (Å²) in [4.78, 5) is 17.9. The number of nitrogens with zero attached hydrogens (tertiary/aromatic N) is 3. The fourth-order valence-corrected chi connectivity index (χ4v) is 4.02. The lowest BCUT2D eigenvalue weighted by atomic mass is 9.92. The number of carbonyl (C=O) groups excluding carboxylic acids is 1. The topological polar surface area (TPSA) is 26.8 Å². The molecular formula is C21H25N3O. The maximum absolute atomic E-state index is 10.9. The minimum absolute atomic E-state index is 0.329. The molecule has 2 saturated heterocycles. The van der Waals surface area contributed by atoms with Crippen LogP contribution in [0.5, 0.6) is 0 Å². The highest BCUT2D eigenvalue weighted by atomic mass is 16.1. The summed E-state index contributed by atoms with van der Waals surface area (Å²) in [6.45, 7) is 5.91. The van der Waals surface area contributed by atoms with Gasteiger partial charge in [-0.2, -0.15) is 0 Å². The van der Waals surface area contributed by atoms with Crippen LogP contribution in [0.15, 0.2) is 60.7 Å². The molecule has 0 N–H and O–H groups in total. The molecule has 0 spiro atoms. The lowest BCUT2D eigenvalue weighted by Gasteiger charge is -2.50. The molecule has 0 atom stereocenters. The summed E-state index contributed by atoms with van der Waals surface area (Å²) in [5.41, 5.74) is 2.72. The second-order valence-corrected chi connectivity index (χ2v) is 7.01. The summed E-state index contributed by atoms with van der Waals surface area (Å²) < 4.78 is 0. The van der Waals surface area contributed by atoms with Crippen LogP contribution in [0.25, 0.3) is 0 Å². The lowest BCUT2D eigenvalue weighted by molar-refractivity contribution is -0.120. The van der Waals surface area contributed by atoms with Crippen LogP contribution in [-0.2, 0) is 4.79 Å². The van der Waals surface area contributed by atoms with Crippen LogP contribution in [0.4, 0.5) is 0 Å². The van der Waals surface area contributed by atoms with E-state index in [2.05, 4.69) is 70.5 Å². The predicted molar refractivity (Wildman–Crippen MR) is 99.3 cm³/mol. The van der Waals surface area contributed by atoms with Crippen LogP contribution in [-0.4, -0.2) is 66.4 Å². The van der Waals surface area contributed by atoms with Gasteiger partial charge in [-0.05, 0) is 11.1 Å². The minimum Gasteiger partial charge on any atom is -0.343 e. The zero-order chi connectivity index (χ0) is 17.1. The Hall–Kier alpha value is -2.17. The van der Waals surface area contributed by atoms with Crippen molar-refractivity contribution >= 4 is 6.41 Å². The summed E-state index contributed by atoms with van der Waals surface area (Å²) >= 11 is 0. The maximum Gasteiger partial charge on any atom is 0.209 e. The first-order valence-electron chi connectivity index (χ1n) is 9.12. The minimum atomic E-state index is 0.329. The molecule has 2 aliphatic heterocycles. The molecule has 4 heteroatoms. The zero-order valence-electron chi connectivity index (χ0n) is 14.5. The van der Waals surface area contributed by atoms with Gasteiger partial charge in [-0.15, -0.1) is 0 Å². The third kappa shape index (κ3) is 3.46. The van der Waals surface area contributed by atoms with Crippen molar-refractivity contribution in [3.63, 3.8) is 0 Å². The van der Waals surface area contributed by atoms with Gasteiger partial charge in [0.2, 0.25) is 6.41 Å². The van der Waals surface area contributed by atoms with E-state index in [0.717, 1.165) is 45.7 Å². The van der Waals surface area contributed by atoms with Crippen molar-refractivity contribution < 1.29 is 4.79 Å². The van der Waals surface area contributed by atoms with Crippen molar-refractivity contribution in [1.29, 1.82) is 0 Å². The highest BCUT2D eigenvalue weighted by molar-refractivity contribution is 5.47. The molecule has 4 nitrogen and oxygen atoms in total. The van der Waals surface area contributed by atoms with Gasteiger partial charge in [0, 0.05) is 45.3 Å². The molecule has 2 heterocycles. The fourth-order valence-electron chi connectivity index (χ4n) is 4.02. The van der Waals surface area contributed by atoms with Crippen LogP contribution in [0.3, 0.4) is 0 Å². The summed E-state index contributed by atoms with van der Waals surface area (Å²) in [6, 6.07) is 22.5. The van der Waals surface area contributed by atoms with Gasteiger partial charge in [0.25, 0.3) is 0 Å². The molecule has 130 valence electrons. The van der Waals surface area contributed by atoms with E-state index in [9.17, 15) is 4.79 Å². The summed E-state index contributed by atoms with van der Waals surface area (Å²) in [5, 5.41) is 0. The number of piperazine rings is 1. The third-order valence-corrected chi connectivity index (χ3v) is 5.50. The van der Waals surface area contributed by atoms with Gasteiger partial charge in [-0.3, -0.25) is 14.6 Å². The molecule has 0 aromatic heterocycles. The lowest BCUT2D eigenvalue weighted by Crippen LogP contribution is -2.63. The highest BCUT2D eigenvalue weighted by Gasteiger charge is 2.37. The zero-order valence-corrected chi connectivity index (χ0v) is 14.5. The number of amides is 1. The molecule has 0 saturated carbocycles. The van der Waals surface area contributed by atoms with Gasteiger partial charge in [0.15, 0.2) is 0 Å². The molecule has 0 aliphatic carbocycles. The number of likely N-dealkylation sites (tertiary alicyclic amines) is 1. The average Bonchev–Trinajstić information content (AvgIpc) is 2.66. The van der Waals surface area contributed by atoms with E-state index < -0.39 is 0 Å². The Morgan fingerprint density at radius 3 is 1.80 bits per heavy atom. The Morgan fingerprint density at radius 1 is 0.800 bits per heavy atom. The SMILES string of the molecule is O=CN1CCN(C2CN(C(c3ccccc3)c3ccccc3)C2)CC1. The first kappa shape index (κ1) is 16.3. The molecule has 25 heavy (non-hydrogen) atoms. The average molecular weight is 335 g/mol. The van der Waals surface area contributed by atoms with Crippen LogP contribution in [0, 0.1) is 0 Å². The van der Waals surface area contributed by atoms with Crippen LogP contribution in [0.1, 0.15) is 17.2 Å². The summed E-state index contributed by atoms with van der Waals surface area (Å²) in [6.07, 6.45) is 0.977. The molecule has 1 amide bonds.